The minimum atomic E-state index is 0. The molecule has 3 fully saturated rings. The van der Waals surface area contributed by atoms with Gasteiger partial charge in [0.2, 0.25) is 0 Å². The number of nitrogens with one attached hydrogen (secondary N) is 6. The Kier molecular flexibility index (Phi) is 11.7. The first-order chi connectivity index (χ1) is 17.8. The van der Waals surface area contributed by atoms with Crippen LogP contribution in [0.1, 0.15) is 60.8 Å². The number of aromatic nitrogens is 1. The summed E-state index contributed by atoms with van der Waals surface area (Å²) in [5.41, 5.74) is 17.9. The fourth-order valence-corrected chi connectivity index (χ4v) is 7.99. The van der Waals surface area contributed by atoms with Gasteiger partial charge in [0, 0.05) is 22.7 Å². The smallest absolute Gasteiger partial charge is 0.680 e. The molecule has 3 aromatic rings. The first-order valence-electron chi connectivity index (χ1n) is 12.7. The molecule has 2 aromatic carbocycles. The van der Waals surface area contributed by atoms with Crippen LogP contribution >= 0.6 is 23.5 Å². The Bertz CT molecular complexity index is 1170. The van der Waals surface area contributed by atoms with Crippen molar-refractivity contribution in [3.63, 3.8) is 0 Å². The van der Waals surface area contributed by atoms with Crippen molar-refractivity contribution < 1.29 is 51.4 Å². The Hall–Kier alpha value is -0.694. The van der Waals surface area contributed by atoms with Crippen LogP contribution in [0.2, 0.25) is 0 Å². The summed E-state index contributed by atoms with van der Waals surface area (Å²) in [5, 5.41) is 18.5. The van der Waals surface area contributed by atoms with Gasteiger partial charge in [0.15, 0.2) is 0 Å². The predicted octanol–water partition coefficient (Wildman–Crippen LogP) is 4.26. The average Bonchev–Trinajstić information content (AvgIpc) is 3.53. The zero-order valence-electron chi connectivity index (χ0n) is 22.1. The van der Waals surface area contributed by atoms with Crippen LogP contribution in [0.4, 0.5) is 11.4 Å². The molecular weight excluding hydrogens is 526 g/mol. The van der Waals surface area contributed by atoms with Gasteiger partial charge >= 0.3 is 51.4 Å². The maximum absolute atomic E-state index is 8.27. The summed E-state index contributed by atoms with van der Waals surface area (Å²) < 4.78 is 8.28. The minimum Gasteiger partial charge on any atom is -0.680 e. The van der Waals surface area contributed by atoms with E-state index in [0.717, 1.165) is 28.3 Å². The topological polar surface area (TPSA) is 137 Å². The maximum atomic E-state index is 8.27. The van der Waals surface area contributed by atoms with Crippen molar-refractivity contribution in [3.8, 4) is 0 Å². The summed E-state index contributed by atoms with van der Waals surface area (Å²) >= 11 is 3.58. The molecule has 2 bridgehead atoms. The molecule has 4 aliphatic rings. The molecule has 3 unspecified atom stereocenters. The van der Waals surface area contributed by atoms with Gasteiger partial charge in [-0.2, -0.15) is 7.05 Å². The summed E-state index contributed by atoms with van der Waals surface area (Å²) in [6.45, 7) is 2.50. The van der Waals surface area contributed by atoms with Gasteiger partial charge < -0.3 is 36.7 Å². The van der Waals surface area contributed by atoms with Crippen molar-refractivity contribution in [2.45, 2.75) is 49.3 Å². The van der Waals surface area contributed by atoms with E-state index in [4.69, 9.17) is 16.6 Å². The van der Waals surface area contributed by atoms with Crippen molar-refractivity contribution in [3.05, 3.63) is 52.8 Å². The van der Waals surface area contributed by atoms with Gasteiger partial charge in [0.1, 0.15) is 0 Å². The molecule has 10 heteroatoms. The first kappa shape index (κ1) is 30.8. The molecule has 0 spiro atoms. The van der Waals surface area contributed by atoms with Crippen LogP contribution in [-0.2, 0) is 0 Å². The van der Waals surface area contributed by atoms with Crippen LogP contribution in [-0.4, -0.2) is 36.7 Å². The second kappa shape index (κ2) is 14.1. The monoisotopic (exact) mass is 563 g/mol. The van der Waals surface area contributed by atoms with Crippen LogP contribution in [0, 0.1) is 28.6 Å². The second-order valence-corrected chi connectivity index (χ2v) is 11.5. The molecule has 0 radical (unpaired) electrons. The van der Waals surface area contributed by atoms with Crippen LogP contribution in [0.3, 0.4) is 0 Å². The molecular formula is C27H38KN7S2. The molecule has 7 rings (SSSR count). The molecule has 1 aliphatic heterocycles. The molecule has 5 atom stereocenters. The number of benzene rings is 2. The number of anilines is 2. The SMILES string of the molecule is C=N.CN.C[NH-].N=Cc1c(NSC2CC2)ccc2c1C1C3CCC(C3)[C@H]1[C@H](c1ccc3[nH]sc3c1)N2.[K+]. The summed E-state index contributed by atoms with van der Waals surface area (Å²) in [6.07, 6.45) is 8.32. The zero-order valence-corrected chi connectivity index (χ0v) is 26.8. The molecule has 7 nitrogen and oxygen atoms in total. The number of rotatable bonds is 5. The molecule has 0 amide bonds. The minimum absolute atomic E-state index is 0. The van der Waals surface area contributed by atoms with Gasteiger partial charge in [-0.1, -0.05) is 17.6 Å². The number of fused-ring (bicyclic) bond motifs is 8. The predicted molar refractivity (Wildman–Crippen MR) is 158 cm³/mol. The standard InChI is InChI=1S/C24H26N4S2.CH5N.CH4N.CH3N.K/c25-11-16-17(27-29-15-4-5-15)7-8-19-23(16)21-12-1-2-13(9-12)22(21)24(26-19)14-3-6-18-20(10-14)30-28-18;3*1-2;/h3,6-8,10-13,15,21-22,24-28H,1-2,4-5,9H2;2H2,1H3;2H,1H3;2H,1H2;/q;;-1;;+1/t12?,13?,21?,22-,24+;;;;/m1..../s1. The van der Waals surface area contributed by atoms with E-state index in [1.165, 1.54) is 73.2 Å². The first-order valence-corrected chi connectivity index (χ1v) is 14.4. The molecule has 8 N–H and O–H groups in total. The molecule has 194 valence electrons. The van der Waals surface area contributed by atoms with Gasteiger partial charge in [-0.25, -0.2) is 0 Å². The van der Waals surface area contributed by atoms with Crippen molar-refractivity contribution in [1.29, 1.82) is 10.8 Å². The third-order valence-corrected chi connectivity index (χ3v) is 9.96. The molecule has 3 saturated carbocycles. The van der Waals surface area contributed by atoms with E-state index in [2.05, 4.69) is 57.2 Å². The molecule has 37 heavy (non-hydrogen) atoms. The van der Waals surface area contributed by atoms with Crippen LogP contribution in [0.5, 0.6) is 0 Å². The largest absolute Gasteiger partial charge is 1.00 e. The Balaban J connectivity index is 0.000000510. The number of hydrogen-bond acceptors (Lipinski definition) is 7. The Morgan fingerprint density at radius 1 is 1.11 bits per heavy atom. The zero-order chi connectivity index (χ0) is 25.8. The van der Waals surface area contributed by atoms with Crippen molar-refractivity contribution in [2.75, 3.05) is 24.1 Å². The molecule has 1 aromatic heterocycles. The normalized spacial score (nSPS) is 25.9. The summed E-state index contributed by atoms with van der Waals surface area (Å²) in [6, 6.07) is 11.8. The van der Waals surface area contributed by atoms with Crippen LogP contribution in [0.25, 0.3) is 16.0 Å². The van der Waals surface area contributed by atoms with E-state index in [9.17, 15) is 0 Å². The van der Waals surface area contributed by atoms with Gasteiger partial charge in [0.25, 0.3) is 0 Å². The van der Waals surface area contributed by atoms with E-state index in [1.54, 1.807) is 17.7 Å². The quantitative estimate of drug-likeness (QED) is 0.157. The maximum Gasteiger partial charge on any atom is 1.00 e. The van der Waals surface area contributed by atoms with Gasteiger partial charge in [-0.3, -0.25) is 0 Å². The Morgan fingerprint density at radius 3 is 2.46 bits per heavy atom. The second-order valence-electron chi connectivity index (χ2n) is 9.57. The van der Waals surface area contributed by atoms with E-state index in [0.29, 0.717) is 17.9 Å². The molecule has 3 aliphatic carbocycles. The Morgan fingerprint density at radius 2 is 1.84 bits per heavy atom. The van der Waals surface area contributed by atoms with Gasteiger partial charge in [-0.15, -0.1) is 0 Å². The van der Waals surface area contributed by atoms with Gasteiger partial charge in [0.05, 0.1) is 21.9 Å². The fraction of sp³-hybridized carbons (Fsp3) is 0.481. The van der Waals surface area contributed by atoms with Crippen molar-refractivity contribution >= 4 is 58.0 Å². The van der Waals surface area contributed by atoms with E-state index < -0.39 is 0 Å². The van der Waals surface area contributed by atoms with Crippen LogP contribution < -0.4 is 67.2 Å². The van der Waals surface area contributed by atoms with Gasteiger partial charge in [-0.05, 0) is 117 Å². The fourth-order valence-electron chi connectivity index (χ4n) is 6.48. The number of nitrogens with two attached hydrogens (primary N) is 1. The summed E-state index contributed by atoms with van der Waals surface area (Å²) in [7, 11) is 2.75. The third kappa shape index (κ3) is 5.92. The average molecular weight is 564 g/mol. The summed E-state index contributed by atoms with van der Waals surface area (Å²) in [4.78, 5) is 0. The van der Waals surface area contributed by atoms with Crippen molar-refractivity contribution in [2.24, 2.45) is 23.5 Å². The van der Waals surface area contributed by atoms with E-state index in [1.807, 2.05) is 11.9 Å². The molecule has 0 saturated heterocycles. The van der Waals surface area contributed by atoms with Crippen LogP contribution in [0.15, 0.2) is 30.3 Å². The number of aromatic amines is 1. The van der Waals surface area contributed by atoms with E-state index in [-0.39, 0.29) is 51.4 Å². The number of hydrogen-bond donors (Lipinski definition) is 6. The number of H-pyrrole nitrogens is 1. The third-order valence-electron chi connectivity index (χ3n) is 7.94. The Labute approximate surface area is 271 Å². The molecule has 2 heterocycles. The summed E-state index contributed by atoms with van der Waals surface area (Å²) in [5.74, 6) is 2.79. The van der Waals surface area contributed by atoms with Crippen molar-refractivity contribution in [1.82, 2.24) is 4.37 Å². The van der Waals surface area contributed by atoms with E-state index >= 15 is 0 Å².